The molecule has 1 N–H and O–H groups in total. The van der Waals surface area contributed by atoms with Gasteiger partial charge in [-0.15, -0.1) is 11.3 Å². The maximum absolute atomic E-state index is 9.21. The Hall–Kier alpha value is -2.10. The molecule has 2 aromatic carbocycles. The molecule has 1 heterocycles. The summed E-state index contributed by atoms with van der Waals surface area (Å²) in [7, 11) is 0. The maximum atomic E-state index is 9.21. The van der Waals surface area contributed by atoms with Gasteiger partial charge in [0.1, 0.15) is 12.4 Å². The highest BCUT2D eigenvalue weighted by Gasteiger charge is 2.10. The molecule has 0 saturated heterocycles. The Morgan fingerprint density at radius 1 is 0.857 bits per heavy atom. The molecular weight excluding hydrogens is 364 g/mol. The Labute approximate surface area is 172 Å². The third kappa shape index (κ3) is 5.46. The molecule has 0 radical (unpaired) electrons. The molecule has 1 aromatic heterocycles. The highest BCUT2D eigenvalue weighted by Crippen LogP contribution is 2.29. The normalized spacial score (nSPS) is 11.1. The number of ether oxygens (including phenoxy) is 1. The van der Waals surface area contributed by atoms with Crippen LogP contribution < -0.4 is 4.74 Å². The van der Waals surface area contributed by atoms with E-state index in [1.165, 1.54) is 41.7 Å². The van der Waals surface area contributed by atoms with Crippen molar-refractivity contribution in [2.24, 2.45) is 0 Å². The van der Waals surface area contributed by atoms with Crippen molar-refractivity contribution in [2.75, 3.05) is 0 Å². The standard InChI is InChI=1S/C25H30O2S/c1-3-5-20(6-4-2)21-11-13-23(14-12-21)27-18-19-7-9-22(10-8-19)25-16-15-24(17-26)28-25/h7-16,20,26H,3-6,17-18H2,1-2H3. The molecule has 0 amide bonds. The van der Waals surface area contributed by atoms with E-state index in [2.05, 4.69) is 68.4 Å². The van der Waals surface area contributed by atoms with Crippen molar-refractivity contribution >= 4 is 11.3 Å². The zero-order chi connectivity index (χ0) is 19.8. The molecule has 0 atom stereocenters. The summed E-state index contributed by atoms with van der Waals surface area (Å²) < 4.78 is 5.98. The number of benzene rings is 2. The van der Waals surface area contributed by atoms with Gasteiger partial charge >= 0.3 is 0 Å². The van der Waals surface area contributed by atoms with Gasteiger partial charge in [-0.25, -0.2) is 0 Å². The zero-order valence-electron chi connectivity index (χ0n) is 16.9. The monoisotopic (exact) mass is 394 g/mol. The lowest BCUT2D eigenvalue weighted by molar-refractivity contribution is 0.285. The molecule has 0 saturated carbocycles. The lowest BCUT2D eigenvalue weighted by Gasteiger charge is -2.16. The third-order valence-electron chi connectivity index (χ3n) is 5.09. The van der Waals surface area contributed by atoms with Gasteiger partial charge in [-0.3, -0.25) is 0 Å². The molecule has 0 aliphatic carbocycles. The quantitative estimate of drug-likeness (QED) is 0.395. The molecule has 28 heavy (non-hydrogen) atoms. The Morgan fingerprint density at radius 3 is 2.11 bits per heavy atom. The second-order valence-electron chi connectivity index (χ2n) is 7.25. The molecule has 0 aliphatic heterocycles. The van der Waals surface area contributed by atoms with Gasteiger partial charge in [0.05, 0.1) is 6.61 Å². The van der Waals surface area contributed by atoms with Crippen LogP contribution in [0.5, 0.6) is 5.75 Å². The minimum atomic E-state index is 0.104. The van der Waals surface area contributed by atoms with Crippen molar-refractivity contribution in [3.8, 4) is 16.2 Å². The van der Waals surface area contributed by atoms with Crippen molar-refractivity contribution in [2.45, 2.75) is 58.7 Å². The maximum Gasteiger partial charge on any atom is 0.119 e. The van der Waals surface area contributed by atoms with E-state index in [0.29, 0.717) is 12.5 Å². The van der Waals surface area contributed by atoms with Gasteiger partial charge in [-0.05, 0) is 59.7 Å². The molecule has 2 nitrogen and oxygen atoms in total. The number of hydrogen-bond acceptors (Lipinski definition) is 3. The van der Waals surface area contributed by atoms with E-state index in [-0.39, 0.29) is 6.61 Å². The third-order valence-corrected chi connectivity index (χ3v) is 6.21. The number of thiophene rings is 1. The predicted octanol–water partition coefficient (Wildman–Crippen LogP) is 7.17. The largest absolute Gasteiger partial charge is 0.489 e. The van der Waals surface area contributed by atoms with Crippen molar-refractivity contribution in [3.63, 3.8) is 0 Å². The van der Waals surface area contributed by atoms with Crippen molar-refractivity contribution in [3.05, 3.63) is 76.7 Å². The Bertz CT molecular complexity index is 828. The first-order valence-electron chi connectivity index (χ1n) is 10.2. The van der Waals surface area contributed by atoms with Gasteiger partial charge in [0.25, 0.3) is 0 Å². The van der Waals surface area contributed by atoms with Gasteiger partial charge < -0.3 is 9.84 Å². The molecule has 0 spiro atoms. The van der Waals surface area contributed by atoms with Crippen LogP contribution in [-0.2, 0) is 13.2 Å². The fourth-order valence-electron chi connectivity index (χ4n) is 3.56. The van der Waals surface area contributed by atoms with Crippen LogP contribution in [0.25, 0.3) is 10.4 Å². The first-order valence-corrected chi connectivity index (χ1v) is 11.1. The SMILES string of the molecule is CCCC(CCC)c1ccc(OCc2ccc(-c3ccc(CO)s3)cc2)cc1. The zero-order valence-corrected chi connectivity index (χ0v) is 17.7. The van der Waals surface area contributed by atoms with Gasteiger partial charge in [-0.2, -0.15) is 0 Å². The summed E-state index contributed by atoms with van der Waals surface area (Å²) in [5, 5.41) is 9.21. The van der Waals surface area contributed by atoms with Crippen LogP contribution in [0, 0.1) is 0 Å². The topological polar surface area (TPSA) is 29.5 Å². The summed E-state index contributed by atoms with van der Waals surface area (Å²) in [6, 6.07) is 21.2. The smallest absolute Gasteiger partial charge is 0.119 e. The summed E-state index contributed by atoms with van der Waals surface area (Å²) in [5.41, 5.74) is 3.76. The summed E-state index contributed by atoms with van der Waals surface area (Å²) in [6.45, 7) is 5.19. The molecular formula is C25H30O2S. The van der Waals surface area contributed by atoms with Gasteiger partial charge in [0, 0.05) is 9.75 Å². The molecule has 3 heteroatoms. The second-order valence-corrected chi connectivity index (χ2v) is 8.42. The Kier molecular flexibility index (Phi) is 7.70. The summed E-state index contributed by atoms with van der Waals surface area (Å²) in [6.07, 6.45) is 4.96. The van der Waals surface area contributed by atoms with E-state index >= 15 is 0 Å². The van der Waals surface area contributed by atoms with Crippen LogP contribution in [0.1, 0.15) is 61.5 Å². The number of aliphatic hydroxyl groups excluding tert-OH is 1. The average Bonchev–Trinajstić information content (AvgIpc) is 3.22. The molecule has 3 rings (SSSR count). The predicted molar refractivity (Wildman–Crippen MR) is 119 cm³/mol. The Balaban J connectivity index is 1.57. The van der Waals surface area contributed by atoms with Crippen LogP contribution in [0.2, 0.25) is 0 Å². The van der Waals surface area contributed by atoms with E-state index in [1.807, 2.05) is 6.07 Å². The molecule has 0 aliphatic rings. The van der Waals surface area contributed by atoms with Crippen LogP contribution in [-0.4, -0.2) is 5.11 Å². The summed E-state index contributed by atoms with van der Waals surface area (Å²) in [5.74, 6) is 1.59. The van der Waals surface area contributed by atoms with Gasteiger partial charge in [0.15, 0.2) is 0 Å². The summed E-state index contributed by atoms with van der Waals surface area (Å²) in [4.78, 5) is 2.17. The van der Waals surface area contributed by atoms with E-state index < -0.39 is 0 Å². The Morgan fingerprint density at radius 2 is 1.54 bits per heavy atom. The minimum Gasteiger partial charge on any atom is -0.489 e. The van der Waals surface area contributed by atoms with Crippen LogP contribution >= 0.6 is 11.3 Å². The molecule has 3 aromatic rings. The van der Waals surface area contributed by atoms with Crippen LogP contribution in [0.4, 0.5) is 0 Å². The van der Waals surface area contributed by atoms with E-state index in [4.69, 9.17) is 4.74 Å². The molecule has 148 valence electrons. The van der Waals surface area contributed by atoms with Gasteiger partial charge in [0.2, 0.25) is 0 Å². The molecule has 0 fully saturated rings. The minimum absolute atomic E-state index is 0.104. The highest BCUT2D eigenvalue weighted by atomic mass is 32.1. The van der Waals surface area contributed by atoms with Crippen molar-refractivity contribution in [1.29, 1.82) is 0 Å². The van der Waals surface area contributed by atoms with E-state index in [9.17, 15) is 5.11 Å². The fourth-order valence-corrected chi connectivity index (χ4v) is 4.43. The highest BCUT2D eigenvalue weighted by molar-refractivity contribution is 7.15. The van der Waals surface area contributed by atoms with E-state index in [1.54, 1.807) is 11.3 Å². The van der Waals surface area contributed by atoms with Crippen LogP contribution in [0.3, 0.4) is 0 Å². The first kappa shape index (κ1) is 20.6. The number of hydrogen-bond donors (Lipinski definition) is 1. The summed E-state index contributed by atoms with van der Waals surface area (Å²) >= 11 is 1.63. The van der Waals surface area contributed by atoms with Crippen LogP contribution in [0.15, 0.2) is 60.7 Å². The molecule has 0 bridgehead atoms. The average molecular weight is 395 g/mol. The number of aliphatic hydroxyl groups is 1. The number of rotatable bonds is 10. The first-order chi connectivity index (χ1) is 13.7. The van der Waals surface area contributed by atoms with Gasteiger partial charge in [-0.1, -0.05) is 63.1 Å². The van der Waals surface area contributed by atoms with Crippen molar-refractivity contribution < 1.29 is 9.84 Å². The lowest BCUT2D eigenvalue weighted by Crippen LogP contribution is -1.99. The lowest BCUT2D eigenvalue weighted by atomic mass is 9.90. The fraction of sp³-hybridized carbons (Fsp3) is 0.360. The molecule has 0 unspecified atom stereocenters. The second kappa shape index (κ2) is 10.4. The van der Waals surface area contributed by atoms with E-state index in [0.717, 1.165) is 16.2 Å². The van der Waals surface area contributed by atoms with Crippen molar-refractivity contribution in [1.82, 2.24) is 0 Å².